The number of piperidine rings is 1. The monoisotopic (exact) mass is 361 g/mol. The minimum absolute atomic E-state index is 0.00167. The van der Waals surface area contributed by atoms with E-state index in [2.05, 4.69) is 27.2 Å². The van der Waals surface area contributed by atoms with Crippen molar-refractivity contribution in [2.75, 3.05) is 53.0 Å². The van der Waals surface area contributed by atoms with Crippen molar-refractivity contribution in [1.29, 1.82) is 0 Å². The zero-order chi connectivity index (χ0) is 18.2. The van der Waals surface area contributed by atoms with Gasteiger partial charge in [0, 0.05) is 33.2 Å². The van der Waals surface area contributed by atoms with Crippen molar-refractivity contribution in [3.8, 4) is 5.75 Å². The number of likely N-dealkylation sites (tertiary alicyclic amines) is 1. The molecule has 144 valence electrons. The highest BCUT2D eigenvalue weighted by Crippen LogP contribution is 2.21. The standard InChI is InChI=1S/C20H31N3O3/c1-21-20(24)19-4-2-3-9-23(19)16-17-5-7-18(8-6-17)26-15-12-22-10-13-25-14-11-22/h5-8,19H,2-4,9-16H2,1H3,(H,21,24). The van der Waals surface area contributed by atoms with Crippen molar-refractivity contribution < 1.29 is 14.3 Å². The number of ether oxygens (including phenoxy) is 2. The summed E-state index contributed by atoms with van der Waals surface area (Å²) >= 11 is 0. The molecule has 0 spiro atoms. The highest BCUT2D eigenvalue weighted by Gasteiger charge is 2.27. The van der Waals surface area contributed by atoms with Crippen molar-refractivity contribution >= 4 is 5.91 Å². The number of hydrogen-bond acceptors (Lipinski definition) is 5. The van der Waals surface area contributed by atoms with Gasteiger partial charge in [-0.1, -0.05) is 18.6 Å². The molecule has 3 rings (SSSR count). The Kier molecular flexibility index (Phi) is 7.29. The Labute approximate surface area is 156 Å². The van der Waals surface area contributed by atoms with E-state index in [1.807, 2.05) is 12.1 Å². The fourth-order valence-corrected chi connectivity index (χ4v) is 3.69. The topological polar surface area (TPSA) is 54.0 Å². The van der Waals surface area contributed by atoms with Crippen molar-refractivity contribution in [2.24, 2.45) is 0 Å². The lowest BCUT2D eigenvalue weighted by Crippen LogP contribution is -2.48. The average molecular weight is 361 g/mol. The summed E-state index contributed by atoms with van der Waals surface area (Å²) in [5, 5.41) is 2.80. The van der Waals surface area contributed by atoms with Crippen LogP contribution in [-0.4, -0.2) is 74.8 Å². The number of hydrogen-bond donors (Lipinski definition) is 1. The number of benzene rings is 1. The van der Waals surface area contributed by atoms with E-state index in [1.54, 1.807) is 7.05 Å². The summed E-state index contributed by atoms with van der Waals surface area (Å²) in [6.07, 6.45) is 3.24. The van der Waals surface area contributed by atoms with Gasteiger partial charge in [0.15, 0.2) is 0 Å². The second kappa shape index (κ2) is 9.90. The first-order chi connectivity index (χ1) is 12.8. The smallest absolute Gasteiger partial charge is 0.237 e. The minimum atomic E-state index is -0.00167. The van der Waals surface area contributed by atoms with E-state index in [1.165, 1.54) is 5.56 Å². The normalized spacial score (nSPS) is 22.1. The molecular formula is C20H31N3O3. The molecule has 2 aliphatic rings. The molecule has 0 saturated carbocycles. The van der Waals surface area contributed by atoms with Crippen LogP contribution in [-0.2, 0) is 16.1 Å². The first-order valence-electron chi connectivity index (χ1n) is 9.74. The Bertz CT molecular complexity index is 558. The Hall–Kier alpha value is -1.63. The molecule has 0 aromatic heterocycles. The quantitative estimate of drug-likeness (QED) is 0.798. The van der Waals surface area contributed by atoms with Crippen LogP contribution in [0.1, 0.15) is 24.8 Å². The first kappa shape index (κ1) is 19.1. The predicted molar refractivity (Wildman–Crippen MR) is 101 cm³/mol. The fraction of sp³-hybridized carbons (Fsp3) is 0.650. The van der Waals surface area contributed by atoms with Gasteiger partial charge >= 0.3 is 0 Å². The SMILES string of the molecule is CNC(=O)C1CCCCN1Cc1ccc(OCCN2CCOCC2)cc1. The van der Waals surface area contributed by atoms with Gasteiger partial charge in [0.05, 0.1) is 19.3 Å². The molecule has 1 atom stereocenters. The maximum atomic E-state index is 12.1. The number of likely N-dealkylation sites (N-methyl/N-ethyl adjacent to an activating group) is 1. The summed E-state index contributed by atoms with van der Waals surface area (Å²) in [4.78, 5) is 16.7. The maximum Gasteiger partial charge on any atom is 0.237 e. The molecule has 1 aromatic rings. The molecule has 2 saturated heterocycles. The summed E-state index contributed by atoms with van der Waals surface area (Å²) in [7, 11) is 1.72. The number of nitrogens with zero attached hydrogens (tertiary/aromatic N) is 2. The van der Waals surface area contributed by atoms with E-state index < -0.39 is 0 Å². The van der Waals surface area contributed by atoms with Gasteiger partial charge in [0.1, 0.15) is 12.4 Å². The van der Waals surface area contributed by atoms with Crippen molar-refractivity contribution in [1.82, 2.24) is 15.1 Å². The third kappa shape index (κ3) is 5.43. The number of nitrogens with one attached hydrogen (secondary N) is 1. The van der Waals surface area contributed by atoms with Crippen LogP contribution in [0.3, 0.4) is 0 Å². The van der Waals surface area contributed by atoms with Gasteiger partial charge < -0.3 is 14.8 Å². The number of amides is 1. The third-order valence-electron chi connectivity index (χ3n) is 5.25. The molecule has 6 heteroatoms. The van der Waals surface area contributed by atoms with Crippen LogP contribution < -0.4 is 10.1 Å². The van der Waals surface area contributed by atoms with Crippen LogP contribution in [0.5, 0.6) is 5.75 Å². The molecule has 2 aliphatic heterocycles. The van der Waals surface area contributed by atoms with Gasteiger partial charge in [-0.05, 0) is 37.1 Å². The van der Waals surface area contributed by atoms with Crippen LogP contribution in [0, 0.1) is 0 Å². The Morgan fingerprint density at radius 2 is 1.96 bits per heavy atom. The van der Waals surface area contributed by atoms with Crippen LogP contribution >= 0.6 is 0 Å². The van der Waals surface area contributed by atoms with E-state index in [9.17, 15) is 4.79 Å². The third-order valence-corrected chi connectivity index (χ3v) is 5.25. The molecule has 1 N–H and O–H groups in total. The molecule has 1 aromatic carbocycles. The Balaban J connectivity index is 1.46. The Morgan fingerprint density at radius 3 is 2.69 bits per heavy atom. The van der Waals surface area contributed by atoms with Crippen molar-refractivity contribution in [2.45, 2.75) is 31.8 Å². The summed E-state index contributed by atoms with van der Waals surface area (Å²) in [5.41, 5.74) is 1.22. The molecule has 26 heavy (non-hydrogen) atoms. The maximum absolute atomic E-state index is 12.1. The number of morpholine rings is 1. The van der Waals surface area contributed by atoms with Crippen LogP contribution in [0.4, 0.5) is 0 Å². The van der Waals surface area contributed by atoms with Crippen LogP contribution in [0.25, 0.3) is 0 Å². The summed E-state index contributed by atoms with van der Waals surface area (Å²) in [6, 6.07) is 8.29. The lowest BCUT2D eigenvalue weighted by Gasteiger charge is -2.34. The number of carbonyl (C=O) groups is 1. The van der Waals surface area contributed by atoms with E-state index in [-0.39, 0.29) is 11.9 Å². The van der Waals surface area contributed by atoms with Gasteiger partial charge in [-0.3, -0.25) is 14.6 Å². The summed E-state index contributed by atoms with van der Waals surface area (Å²) < 4.78 is 11.2. The molecule has 6 nitrogen and oxygen atoms in total. The molecule has 0 aliphatic carbocycles. The zero-order valence-electron chi connectivity index (χ0n) is 15.8. The van der Waals surface area contributed by atoms with Crippen molar-refractivity contribution in [3.05, 3.63) is 29.8 Å². The summed E-state index contributed by atoms with van der Waals surface area (Å²) in [6.45, 7) is 7.05. The van der Waals surface area contributed by atoms with E-state index in [0.717, 1.165) is 70.9 Å². The molecular weight excluding hydrogens is 330 g/mol. The highest BCUT2D eigenvalue weighted by molar-refractivity contribution is 5.81. The molecule has 1 unspecified atom stereocenters. The number of rotatable bonds is 7. The highest BCUT2D eigenvalue weighted by atomic mass is 16.5. The van der Waals surface area contributed by atoms with Gasteiger partial charge in [0.2, 0.25) is 5.91 Å². The predicted octanol–water partition coefficient (Wildman–Crippen LogP) is 1.50. The number of carbonyl (C=O) groups excluding carboxylic acids is 1. The Morgan fingerprint density at radius 1 is 1.19 bits per heavy atom. The zero-order valence-corrected chi connectivity index (χ0v) is 15.8. The van der Waals surface area contributed by atoms with E-state index in [4.69, 9.17) is 9.47 Å². The van der Waals surface area contributed by atoms with E-state index >= 15 is 0 Å². The lowest BCUT2D eigenvalue weighted by molar-refractivity contribution is -0.127. The second-order valence-corrected chi connectivity index (χ2v) is 7.04. The first-order valence-corrected chi connectivity index (χ1v) is 9.74. The van der Waals surface area contributed by atoms with Gasteiger partial charge in [-0.15, -0.1) is 0 Å². The average Bonchev–Trinajstić information content (AvgIpc) is 2.70. The molecule has 2 fully saturated rings. The largest absolute Gasteiger partial charge is 0.492 e. The molecule has 0 bridgehead atoms. The molecule has 1 amide bonds. The van der Waals surface area contributed by atoms with Crippen LogP contribution in [0.2, 0.25) is 0 Å². The van der Waals surface area contributed by atoms with Gasteiger partial charge in [-0.25, -0.2) is 0 Å². The second-order valence-electron chi connectivity index (χ2n) is 7.04. The minimum Gasteiger partial charge on any atom is -0.492 e. The van der Waals surface area contributed by atoms with E-state index in [0.29, 0.717) is 6.61 Å². The fourth-order valence-electron chi connectivity index (χ4n) is 3.69. The van der Waals surface area contributed by atoms with Crippen molar-refractivity contribution in [3.63, 3.8) is 0 Å². The van der Waals surface area contributed by atoms with Gasteiger partial charge in [0.25, 0.3) is 0 Å². The summed E-state index contributed by atoms with van der Waals surface area (Å²) in [5.74, 6) is 1.04. The van der Waals surface area contributed by atoms with Crippen LogP contribution in [0.15, 0.2) is 24.3 Å². The van der Waals surface area contributed by atoms with Gasteiger partial charge in [-0.2, -0.15) is 0 Å². The lowest BCUT2D eigenvalue weighted by atomic mass is 10.0. The molecule has 0 radical (unpaired) electrons. The molecule has 2 heterocycles.